The van der Waals surface area contributed by atoms with Crippen LogP contribution < -0.4 is 5.32 Å². The molecular weight excluding hydrogens is 361 g/mol. The molecule has 1 aromatic carbocycles. The number of rotatable bonds is 9. The zero-order valence-corrected chi connectivity index (χ0v) is 15.8. The fourth-order valence-corrected chi connectivity index (χ4v) is 3.45. The van der Waals surface area contributed by atoms with Crippen LogP contribution in [0.1, 0.15) is 12.0 Å². The van der Waals surface area contributed by atoms with Gasteiger partial charge in [0.15, 0.2) is 0 Å². The fourth-order valence-electron chi connectivity index (χ4n) is 2.65. The van der Waals surface area contributed by atoms with Crippen LogP contribution in [0.15, 0.2) is 24.3 Å². The molecule has 0 saturated carbocycles. The van der Waals surface area contributed by atoms with Crippen LogP contribution in [0.2, 0.25) is 0 Å². The minimum absolute atomic E-state index is 0.0807. The number of amides is 1. The monoisotopic (exact) mass is 387 g/mol. The van der Waals surface area contributed by atoms with Gasteiger partial charge in [-0.2, -0.15) is 4.31 Å². The van der Waals surface area contributed by atoms with E-state index in [9.17, 15) is 17.6 Å². The highest BCUT2D eigenvalue weighted by molar-refractivity contribution is 7.88. The van der Waals surface area contributed by atoms with Gasteiger partial charge in [-0.3, -0.25) is 9.69 Å². The van der Waals surface area contributed by atoms with Gasteiger partial charge in [-0.15, -0.1) is 0 Å². The van der Waals surface area contributed by atoms with Crippen LogP contribution in [0.4, 0.5) is 4.39 Å². The third-order valence-corrected chi connectivity index (χ3v) is 5.43. The number of benzene rings is 1. The van der Waals surface area contributed by atoms with Gasteiger partial charge in [0.1, 0.15) is 5.82 Å². The van der Waals surface area contributed by atoms with Gasteiger partial charge >= 0.3 is 0 Å². The Balaban J connectivity index is 1.76. The van der Waals surface area contributed by atoms with Crippen molar-refractivity contribution in [1.29, 1.82) is 0 Å². The number of carbonyl (C=O) groups excluding carboxylic acids is 1. The van der Waals surface area contributed by atoms with Crippen molar-refractivity contribution < 1.29 is 22.3 Å². The first kappa shape index (κ1) is 20.8. The molecule has 0 aromatic heterocycles. The maximum atomic E-state index is 13.0. The Bertz CT molecular complexity index is 676. The van der Waals surface area contributed by atoms with Gasteiger partial charge in [-0.1, -0.05) is 12.1 Å². The molecule has 0 spiro atoms. The molecule has 0 unspecified atom stereocenters. The molecular formula is C17H26FN3O4S. The Hall–Kier alpha value is -1.55. The summed E-state index contributed by atoms with van der Waals surface area (Å²) in [5.74, 6) is -0.565. The summed E-state index contributed by atoms with van der Waals surface area (Å²) >= 11 is 0. The van der Waals surface area contributed by atoms with Crippen LogP contribution >= 0.6 is 0 Å². The predicted molar refractivity (Wildman–Crippen MR) is 96.5 cm³/mol. The second-order valence-corrected chi connectivity index (χ2v) is 8.26. The summed E-state index contributed by atoms with van der Waals surface area (Å²) in [6.07, 6.45) is 1.18. The summed E-state index contributed by atoms with van der Waals surface area (Å²) in [6.45, 7) is 4.60. The number of carbonyl (C=O) groups is 1. The summed E-state index contributed by atoms with van der Waals surface area (Å²) in [5.41, 5.74) is 0.671. The third-order valence-electron chi connectivity index (χ3n) is 4.18. The molecule has 1 saturated heterocycles. The van der Waals surface area contributed by atoms with Crippen LogP contribution in [0.5, 0.6) is 0 Å². The summed E-state index contributed by atoms with van der Waals surface area (Å²) in [4.78, 5) is 14.2. The average Bonchev–Trinajstić information content (AvgIpc) is 2.60. The average molecular weight is 387 g/mol. The Labute approximate surface area is 154 Å². The first-order valence-electron chi connectivity index (χ1n) is 8.61. The summed E-state index contributed by atoms with van der Waals surface area (Å²) in [5, 5.41) is 2.82. The standard InChI is InChI=1S/C17H26FN3O4S/c1-26(23,24)21(14-15-2-4-16(18)5-3-15)8-6-17(22)19-7-9-20-10-12-25-13-11-20/h2-5H,6-14H2,1H3,(H,19,22). The SMILES string of the molecule is CS(=O)(=O)N(CCC(=O)NCCN1CCOCC1)Cc1ccc(F)cc1. The number of sulfonamides is 1. The Morgan fingerprint density at radius 3 is 2.54 bits per heavy atom. The van der Waals surface area contributed by atoms with Crippen molar-refractivity contribution in [3.63, 3.8) is 0 Å². The van der Waals surface area contributed by atoms with Crippen LogP contribution in [0.3, 0.4) is 0 Å². The molecule has 0 bridgehead atoms. The summed E-state index contributed by atoms with van der Waals surface area (Å²) in [7, 11) is -3.47. The predicted octanol–water partition coefficient (Wildman–Crippen LogP) is 0.426. The van der Waals surface area contributed by atoms with Gasteiger partial charge < -0.3 is 10.1 Å². The number of ether oxygens (including phenoxy) is 1. The van der Waals surface area contributed by atoms with E-state index in [1.165, 1.54) is 28.6 Å². The molecule has 0 atom stereocenters. The molecule has 2 rings (SSSR count). The topological polar surface area (TPSA) is 79.0 Å². The van der Waals surface area contributed by atoms with Crippen molar-refractivity contribution in [3.8, 4) is 0 Å². The van der Waals surface area contributed by atoms with Gasteiger partial charge in [-0.05, 0) is 17.7 Å². The highest BCUT2D eigenvalue weighted by Crippen LogP contribution is 2.10. The molecule has 0 radical (unpaired) electrons. The van der Waals surface area contributed by atoms with Crippen LogP contribution in [-0.2, 0) is 26.1 Å². The molecule has 146 valence electrons. The van der Waals surface area contributed by atoms with E-state index in [0.717, 1.165) is 25.9 Å². The lowest BCUT2D eigenvalue weighted by Crippen LogP contribution is -2.42. The third kappa shape index (κ3) is 7.36. The van der Waals surface area contributed by atoms with Crippen molar-refractivity contribution in [2.45, 2.75) is 13.0 Å². The van der Waals surface area contributed by atoms with Crippen LogP contribution in [0.25, 0.3) is 0 Å². The van der Waals surface area contributed by atoms with E-state index in [-0.39, 0.29) is 31.2 Å². The zero-order valence-electron chi connectivity index (χ0n) is 15.0. The molecule has 1 aliphatic heterocycles. The van der Waals surface area contributed by atoms with E-state index >= 15 is 0 Å². The van der Waals surface area contributed by atoms with Gasteiger partial charge in [0.2, 0.25) is 15.9 Å². The second-order valence-electron chi connectivity index (χ2n) is 6.28. The number of nitrogens with zero attached hydrogens (tertiary/aromatic N) is 2. The van der Waals surface area contributed by atoms with Crippen molar-refractivity contribution in [2.24, 2.45) is 0 Å². The van der Waals surface area contributed by atoms with E-state index in [2.05, 4.69) is 10.2 Å². The first-order valence-corrected chi connectivity index (χ1v) is 10.5. The first-order chi connectivity index (χ1) is 12.3. The number of hydrogen-bond donors (Lipinski definition) is 1. The molecule has 7 nitrogen and oxygen atoms in total. The number of nitrogens with one attached hydrogen (secondary N) is 1. The van der Waals surface area contributed by atoms with Crippen LogP contribution in [-0.4, -0.2) is 75.7 Å². The highest BCUT2D eigenvalue weighted by Gasteiger charge is 2.18. The zero-order chi connectivity index (χ0) is 19.0. The molecule has 1 fully saturated rings. The van der Waals surface area contributed by atoms with Gasteiger partial charge in [0, 0.05) is 45.7 Å². The van der Waals surface area contributed by atoms with Gasteiger partial charge in [0.05, 0.1) is 19.5 Å². The quantitative estimate of drug-likeness (QED) is 0.665. The Morgan fingerprint density at radius 1 is 1.27 bits per heavy atom. The number of hydrogen-bond acceptors (Lipinski definition) is 5. The minimum atomic E-state index is -3.47. The molecule has 9 heteroatoms. The maximum absolute atomic E-state index is 13.0. The summed E-state index contributed by atoms with van der Waals surface area (Å²) in [6, 6.07) is 5.65. The largest absolute Gasteiger partial charge is 0.379 e. The van der Waals surface area contributed by atoms with Crippen molar-refractivity contribution >= 4 is 15.9 Å². The Kier molecular flexibility index (Phi) is 7.95. The molecule has 26 heavy (non-hydrogen) atoms. The van der Waals surface area contributed by atoms with E-state index in [4.69, 9.17) is 4.74 Å². The molecule has 1 aromatic rings. The van der Waals surface area contributed by atoms with Gasteiger partial charge in [-0.25, -0.2) is 12.8 Å². The number of halogens is 1. The molecule has 0 aliphatic carbocycles. The summed E-state index contributed by atoms with van der Waals surface area (Å²) < 4.78 is 43.3. The second kappa shape index (κ2) is 9.96. The normalized spacial score (nSPS) is 16.0. The molecule has 1 amide bonds. The maximum Gasteiger partial charge on any atom is 0.221 e. The van der Waals surface area contributed by atoms with E-state index < -0.39 is 10.0 Å². The minimum Gasteiger partial charge on any atom is -0.379 e. The lowest BCUT2D eigenvalue weighted by atomic mass is 10.2. The van der Waals surface area contributed by atoms with Crippen molar-refractivity contribution in [3.05, 3.63) is 35.6 Å². The van der Waals surface area contributed by atoms with E-state index in [1.807, 2.05) is 0 Å². The molecule has 1 N–H and O–H groups in total. The van der Waals surface area contributed by atoms with E-state index in [0.29, 0.717) is 25.3 Å². The molecule has 1 aliphatic rings. The highest BCUT2D eigenvalue weighted by atomic mass is 32.2. The lowest BCUT2D eigenvalue weighted by molar-refractivity contribution is -0.121. The van der Waals surface area contributed by atoms with Crippen molar-refractivity contribution in [2.75, 3.05) is 52.2 Å². The van der Waals surface area contributed by atoms with Crippen LogP contribution in [0, 0.1) is 5.82 Å². The lowest BCUT2D eigenvalue weighted by Gasteiger charge is -2.26. The fraction of sp³-hybridized carbons (Fsp3) is 0.588. The molecule has 1 heterocycles. The smallest absolute Gasteiger partial charge is 0.221 e. The van der Waals surface area contributed by atoms with E-state index in [1.54, 1.807) is 0 Å². The van der Waals surface area contributed by atoms with Gasteiger partial charge in [0.25, 0.3) is 0 Å². The van der Waals surface area contributed by atoms with Crippen molar-refractivity contribution in [1.82, 2.24) is 14.5 Å². The Morgan fingerprint density at radius 2 is 1.92 bits per heavy atom. The number of morpholine rings is 1.